The Morgan fingerprint density at radius 1 is 1.14 bits per heavy atom. The van der Waals surface area contributed by atoms with Crippen molar-refractivity contribution in [3.8, 4) is 5.75 Å². The summed E-state index contributed by atoms with van der Waals surface area (Å²) in [6.07, 6.45) is 3.94. The molecule has 1 amide bonds. The topological polar surface area (TPSA) is 76.1 Å². The van der Waals surface area contributed by atoms with Gasteiger partial charge >= 0.3 is 12.1 Å². The molecule has 29 heavy (non-hydrogen) atoms. The van der Waals surface area contributed by atoms with Crippen molar-refractivity contribution in [1.29, 1.82) is 0 Å². The van der Waals surface area contributed by atoms with E-state index in [0.29, 0.717) is 24.5 Å². The van der Waals surface area contributed by atoms with E-state index in [2.05, 4.69) is 0 Å². The molecule has 1 aliphatic carbocycles. The van der Waals surface area contributed by atoms with E-state index in [1.165, 1.54) is 4.90 Å². The highest BCUT2D eigenvalue weighted by molar-refractivity contribution is 5.99. The van der Waals surface area contributed by atoms with Gasteiger partial charge in [-0.25, -0.2) is 9.59 Å². The van der Waals surface area contributed by atoms with Crippen molar-refractivity contribution in [3.63, 3.8) is 0 Å². The van der Waals surface area contributed by atoms with E-state index in [4.69, 9.17) is 9.47 Å². The molecule has 150 valence electrons. The lowest BCUT2D eigenvalue weighted by Gasteiger charge is -2.41. The zero-order valence-corrected chi connectivity index (χ0v) is 16.2. The molecular weight excluding hydrogens is 370 g/mol. The first-order valence-corrected chi connectivity index (χ1v) is 9.77. The van der Waals surface area contributed by atoms with E-state index >= 15 is 0 Å². The number of carboxylic acid groups (broad SMARTS) is 1. The van der Waals surface area contributed by atoms with E-state index in [-0.39, 0.29) is 18.4 Å². The molecule has 0 radical (unpaired) electrons. The first kappa shape index (κ1) is 19.1. The largest absolute Gasteiger partial charge is 0.492 e. The highest BCUT2D eigenvalue weighted by atomic mass is 16.6. The van der Waals surface area contributed by atoms with Gasteiger partial charge in [-0.05, 0) is 30.5 Å². The minimum Gasteiger partial charge on any atom is -0.492 e. The van der Waals surface area contributed by atoms with Gasteiger partial charge in [0.05, 0.1) is 12.3 Å². The SMILES string of the molecule is CCOc1cccc2c1N(C(=O)OCc1ccccc1)[C@@H](C(=O)O)[C@H]1CC=C[C@@H]21. The van der Waals surface area contributed by atoms with Gasteiger partial charge in [0.2, 0.25) is 0 Å². The van der Waals surface area contributed by atoms with E-state index in [1.807, 2.05) is 61.5 Å². The number of fused-ring (bicyclic) bond motifs is 3. The average molecular weight is 393 g/mol. The molecule has 0 bridgehead atoms. The van der Waals surface area contributed by atoms with Crippen LogP contribution in [0.3, 0.4) is 0 Å². The molecule has 0 aromatic heterocycles. The van der Waals surface area contributed by atoms with Crippen LogP contribution in [0.25, 0.3) is 0 Å². The molecule has 1 aliphatic heterocycles. The summed E-state index contributed by atoms with van der Waals surface area (Å²) in [6.45, 7) is 2.33. The number of anilines is 1. The first-order chi connectivity index (χ1) is 14.1. The fourth-order valence-electron chi connectivity index (χ4n) is 4.29. The number of aliphatic carboxylic acids is 1. The number of benzene rings is 2. The minimum atomic E-state index is -1.04. The van der Waals surface area contributed by atoms with Gasteiger partial charge in [-0.3, -0.25) is 4.90 Å². The maximum Gasteiger partial charge on any atom is 0.415 e. The Morgan fingerprint density at radius 2 is 1.93 bits per heavy atom. The number of hydrogen-bond donors (Lipinski definition) is 1. The van der Waals surface area contributed by atoms with Crippen LogP contribution in [0.2, 0.25) is 0 Å². The maximum absolute atomic E-state index is 13.2. The fraction of sp³-hybridized carbons (Fsp3) is 0.304. The number of allylic oxidation sites excluding steroid dienone is 2. The summed E-state index contributed by atoms with van der Waals surface area (Å²) in [5, 5.41) is 10.0. The summed E-state index contributed by atoms with van der Waals surface area (Å²) in [5.74, 6) is -0.852. The highest BCUT2D eigenvalue weighted by Gasteiger charge is 2.49. The molecule has 2 aliphatic rings. The number of carboxylic acids is 1. The molecule has 1 N–H and O–H groups in total. The minimum absolute atomic E-state index is 0.0651. The summed E-state index contributed by atoms with van der Waals surface area (Å²) in [4.78, 5) is 26.7. The van der Waals surface area contributed by atoms with Gasteiger partial charge in [-0.1, -0.05) is 54.6 Å². The number of carbonyl (C=O) groups is 2. The Morgan fingerprint density at radius 3 is 2.66 bits per heavy atom. The Balaban J connectivity index is 1.74. The second kappa shape index (κ2) is 7.99. The summed E-state index contributed by atoms with van der Waals surface area (Å²) < 4.78 is 11.3. The van der Waals surface area contributed by atoms with Crippen LogP contribution in [0.5, 0.6) is 5.75 Å². The number of amides is 1. The molecule has 0 unspecified atom stereocenters. The molecule has 2 aromatic carbocycles. The lowest BCUT2D eigenvalue weighted by atomic mass is 9.78. The standard InChI is InChI=1S/C23H23NO5/c1-2-28-19-13-7-12-17-16-10-6-11-18(16)21(22(25)26)24(20(17)19)23(27)29-14-15-8-4-3-5-9-15/h3-10,12-13,16,18,21H,2,11,14H2,1H3,(H,25,26)/t16-,18-,21+/m0/s1. The van der Waals surface area contributed by atoms with Crippen LogP contribution >= 0.6 is 0 Å². The Labute approximate surface area is 169 Å². The Hall–Kier alpha value is -3.28. The quantitative estimate of drug-likeness (QED) is 0.764. The van der Waals surface area contributed by atoms with Crippen molar-refractivity contribution in [2.75, 3.05) is 11.5 Å². The Bertz CT molecular complexity index is 940. The van der Waals surface area contributed by atoms with Gasteiger partial charge in [-0.2, -0.15) is 0 Å². The van der Waals surface area contributed by atoms with Crippen molar-refractivity contribution in [2.24, 2.45) is 5.92 Å². The number of nitrogens with zero attached hydrogens (tertiary/aromatic N) is 1. The predicted molar refractivity (Wildman–Crippen MR) is 108 cm³/mol. The number of ether oxygens (including phenoxy) is 2. The molecule has 2 aromatic rings. The molecule has 0 saturated carbocycles. The molecule has 4 rings (SSSR count). The van der Waals surface area contributed by atoms with E-state index in [1.54, 1.807) is 6.07 Å². The zero-order valence-electron chi connectivity index (χ0n) is 16.2. The van der Waals surface area contributed by atoms with Crippen LogP contribution in [0, 0.1) is 5.92 Å². The van der Waals surface area contributed by atoms with Crippen LogP contribution in [-0.2, 0) is 16.1 Å². The van der Waals surface area contributed by atoms with Crippen molar-refractivity contribution in [3.05, 3.63) is 71.8 Å². The van der Waals surface area contributed by atoms with Crippen molar-refractivity contribution in [1.82, 2.24) is 0 Å². The van der Waals surface area contributed by atoms with Gasteiger partial charge in [-0.15, -0.1) is 0 Å². The maximum atomic E-state index is 13.2. The molecule has 3 atom stereocenters. The van der Waals surface area contributed by atoms with E-state index < -0.39 is 18.1 Å². The second-order valence-corrected chi connectivity index (χ2v) is 7.17. The molecule has 0 fully saturated rings. The highest BCUT2D eigenvalue weighted by Crippen LogP contribution is 2.51. The summed E-state index contributed by atoms with van der Waals surface area (Å²) in [7, 11) is 0. The number of rotatable bonds is 5. The first-order valence-electron chi connectivity index (χ1n) is 9.77. The smallest absolute Gasteiger partial charge is 0.415 e. The van der Waals surface area contributed by atoms with E-state index in [0.717, 1.165) is 11.1 Å². The third-order valence-electron chi connectivity index (χ3n) is 5.48. The van der Waals surface area contributed by atoms with Crippen LogP contribution in [0.4, 0.5) is 10.5 Å². The molecule has 6 nitrogen and oxygen atoms in total. The van der Waals surface area contributed by atoms with Gasteiger partial charge in [0.1, 0.15) is 18.4 Å². The van der Waals surface area contributed by atoms with Crippen LogP contribution < -0.4 is 9.64 Å². The molecule has 6 heteroatoms. The molecule has 1 heterocycles. The normalized spacial score (nSPS) is 22.0. The number of hydrogen-bond acceptors (Lipinski definition) is 4. The Kier molecular flexibility index (Phi) is 5.25. The predicted octanol–water partition coefficient (Wildman–Crippen LogP) is 4.36. The third kappa shape index (κ3) is 3.46. The molecule has 0 saturated heterocycles. The third-order valence-corrected chi connectivity index (χ3v) is 5.48. The van der Waals surface area contributed by atoms with Gasteiger partial charge < -0.3 is 14.6 Å². The van der Waals surface area contributed by atoms with Gasteiger partial charge in [0.15, 0.2) is 0 Å². The fourth-order valence-corrected chi connectivity index (χ4v) is 4.29. The van der Waals surface area contributed by atoms with Crippen molar-refractivity contribution >= 4 is 17.7 Å². The van der Waals surface area contributed by atoms with Crippen molar-refractivity contribution < 1.29 is 24.2 Å². The average Bonchev–Trinajstić information content (AvgIpc) is 3.21. The van der Waals surface area contributed by atoms with Crippen LogP contribution in [-0.4, -0.2) is 29.8 Å². The summed E-state index contributed by atoms with van der Waals surface area (Å²) in [6, 6.07) is 13.9. The van der Waals surface area contributed by atoms with Gasteiger partial charge in [0, 0.05) is 11.8 Å². The zero-order chi connectivity index (χ0) is 20.4. The van der Waals surface area contributed by atoms with Crippen LogP contribution in [0.15, 0.2) is 60.7 Å². The lowest BCUT2D eigenvalue weighted by molar-refractivity contribution is -0.140. The lowest BCUT2D eigenvalue weighted by Crippen LogP contribution is -2.53. The molecule has 0 spiro atoms. The number of carbonyl (C=O) groups excluding carboxylic acids is 1. The number of para-hydroxylation sites is 1. The van der Waals surface area contributed by atoms with Crippen molar-refractivity contribution in [2.45, 2.75) is 31.9 Å². The molecular formula is C23H23NO5. The van der Waals surface area contributed by atoms with E-state index in [9.17, 15) is 14.7 Å². The second-order valence-electron chi connectivity index (χ2n) is 7.17. The summed E-state index contributed by atoms with van der Waals surface area (Å²) in [5.41, 5.74) is 2.22. The monoisotopic (exact) mass is 393 g/mol. The van der Waals surface area contributed by atoms with Crippen LogP contribution in [0.1, 0.15) is 30.4 Å². The summed E-state index contributed by atoms with van der Waals surface area (Å²) >= 11 is 0. The van der Waals surface area contributed by atoms with Gasteiger partial charge in [0.25, 0.3) is 0 Å².